The van der Waals surface area contributed by atoms with Crippen molar-refractivity contribution < 1.29 is 19.1 Å². The molecule has 0 unspecified atom stereocenters. The molecule has 1 saturated heterocycles. The van der Waals surface area contributed by atoms with Crippen molar-refractivity contribution in [2.75, 3.05) is 13.7 Å². The summed E-state index contributed by atoms with van der Waals surface area (Å²) in [5, 5.41) is 10.1. The van der Waals surface area contributed by atoms with Crippen molar-refractivity contribution in [1.29, 1.82) is 0 Å². The Labute approximate surface area is 207 Å². The fraction of sp³-hybridized carbons (Fsp3) is 0.538. The average Bonchev–Trinajstić information content (AvgIpc) is 3.49. The minimum atomic E-state index is -0.697. The number of methoxy groups -OCH3 is 1. The quantitative estimate of drug-likeness (QED) is 0.601. The van der Waals surface area contributed by atoms with Gasteiger partial charge in [-0.25, -0.2) is 0 Å². The molecule has 0 radical (unpaired) electrons. The number of benzene rings is 1. The number of likely N-dealkylation sites (tertiary alicyclic amines) is 1. The van der Waals surface area contributed by atoms with E-state index >= 15 is 0 Å². The zero-order valence-electron chi connectivity index (χ0n) is 21.6. The lowest BCUT2D eigenvalue weighted by Gasteiger charge is -2.35. The highest BCUT2D eigenvalue weighted by atomic mass is 16.5. The molecule has 0 aliphatic carbocycles. The van der Waals surface area contributed by atoms with Crippen molar-refractivity contribution in [3.05, 3.63) is 36.0 Å². The fourth-order valence-electron chi connectivity index (χ4n) is 4.50. The van der Waals surface area contributed by atoms with E-state index in [-0.39, 0.29) is 24.3 Å². The average molecular weight is 484 g/mol. The number of hydrogen-bond donors (Lipinski definition) is 2. The lowest BCUT2D eigenvalue weighted by Crippen LogP contribution is -2.57. The van der Waals surface area contributed by atoms with Crippen molar-refractivity contribution in [2.24, 2.45) is 5.41 Å². The molecule has 0 bridgehead atoms. The molecule has 2 heterocycles. The zero-order valence-corrected chi connectivity index (χ0v) is 21.6. The number of aromatic nitrogens is 2. The van der Waals surface area contributed by atoms with E-state index in [1.807, 2.05) is 56.6 Å². The number of carbonyl (C=O) groups is 3. The first kappa shape index (κ1) is 26.2. The molecule has 1 aromatic carbocycles. The maximum absolute atomic E-state index is 13.3. The molecule has 1 aliphatic rings. The van der Waals surface area contributed by atoms with Crippen LogP contribution in [0.3, 0.4) is 0 Å². The van der Waals surface area contributed by atoms with Crippen molar-refractivity contribution >= 4 is 17.7 Å². The topological polar surface area (TPSA) is 106 Å². The summed E-state index contributed by atoms with van der Waals surface area (Å²) in [4.78, 5) is 39.8. The van der Waals surface area contributed by atoms with Crippen LogP contribution in [0.25, 0.3) is 11.3 Å². The molecular weight excluding hydrogens is 446 g/mol. The Morgan fingerprint density at radius 1 is 1.23 bits per heavy atom. The van der Waals surface area contributed by atoms with Gasteiger partial charge in [-0.15, -0.1) is 0 Å². The monoisotopic (exact) mass is 483 g/mol. The Hall–Kier alpha value is -3.36. The van der Waals surface area contributed by atoms with E-state index in [1.54, 1.807) is 18.2 Å². The molecule has 0 saturated carbocycles. The molecule has 35 heavy (non-hydrogen) atoms. The highest BCUT2D eigenvalue weighted by Crippen LogP contribution is 2.28. The second-order valence-corrected chi connectivity index (χ2v) is 9.97. The van der Waals surface area contributed by atoms with Crippen LogP contribution in [-0.4, -0.2) is 58.1 Å². The largest absolute Gasteiger partial charge is 0.496 e. The molecular formula is C26H37N5O4. The highest BCUT2D eigenvalue weighted by molar-refractivity contribution is 5.92. The van der Waals surface area contributed by atoms with Crippen LogP contribution in [-0.2, 0) is 27.5 Å². The molecule has 3 rings (SSSR count). The van der Waals surface area contributed by atoms with Gasteiger partial charge in [-0.1, -0.05) is 32.9 Å². The summed E-state index contributed by atoms with van der Waals surface area (Å²) < 4.78 is 7.51. The first-order valence-corrected chi connectivity index (χ1v) is 12.1. The third-order valence-electron chi connectivity index (χ3n) is 6.35. The molecule has 190 valence electrons. The smallest absolute Gasteiger partial charge is 0.246 e. The molecule has 2 atom stereocenters. The first-order valence-electron chi connectivity index (χ1n) is 12.1. The Morgan fingerprint density at radius 2 is 1.97 bits per heavy atom. The van der Waals surface area contributed by atoms with Crippen molar-refractivity contribution in [3.8, 4) is 17.0 Å². The minimum Gasteiger partial charge on any atom is -0.496 e. The number of rotatable bonds is 8. The number of aryl methyl sites for hydroxylation is 1. The molecule has 1 aromatic heterocycles. The first-order chi connectivity index (χ1) is 16.6. The van der Waals surface area contributed by atoms with Gasteiger partial charge in [0.2, 0.25) is 17.7 Å². The van der Waals surface area contributed by atoms with E-state index < -0.39 is 17.5 Å². The number of carbonyl (C=O) groups excluding carboxylic acids is 3. The van der Waals surface area contributed by atoms with Crippen LogP contribution in [0.1, 0.15) is 53.0 Å². The van der Waals surface area contributed by atoms with Crippen molar-refractivity contribution in [2.45, 2.75) is 72.6 Å². The van der Waals surface area contributed by atoms with Gasteiger partial charge in [0.05, 0.1) is 12.8 Å². The molecule has 1 fully saturated rings. The van der Waals surface area contributed by atoms with Gasteiger partial charge >= 0.3 is 0 Å². The number of nitrogens with one attached hydrogen (secondary N) is 2. The lowest BCUT2D eigenvalue weighted by atomic mass is 9.85. The summed E-state index contributed by atoms with van der Waals surface area (Å²) in [6.45, 7) is 10.7. The highest BCUT2D eigenvalue weighted by Gasteiger charge is 2.41. The third kappa shape index (κ3) is 6.01. The zero-order chi connectivity index (χ0) is 25.8. The second kappa shape index (κ2) is 10.9. The van der Waals surface area contributed by atoms with E-state index in [1.165, 1.54) is 6.92 Å². The summed E-state index contributed by atoms with van der Waals surface area (Å²) in [5.74, 6) is -0.0261. The van der Waals surface area contributed by atoms with Crippen molar-refractivity contribution in [3.63, 3.8) is 0 Å². The van der Waals surface area contributed by atoms with Gasteiger partial charge < -0.3 is 20.3 Å². The van der Waals surface area contributed by atoms with E-state index in [9.17, 15) is 14.4 Å². The van der Waals surface area contributed by atoms with Gasteiger partial charge in [-0.05, 0) is 37.3 Å². The van der Waals surface area contributed by atoms with Gasteiger partial charge in [0, 0.05) is 43.9 Å². The van der Waals surface area contributed by atoms with E-state index in [2.05, 4.69) is 15.7 Å². The SMILES string of the molecule is CCn1nccc1-c1ccc(CNC(=O)[C@@H]2CCCN2C(=O)[C@@H](NC(C)=O)C(C)(C)C)c(OC)c1. The molecule has 3 amide bonds. The standard InChI is InChI=1S/C26H37N5O4/c1-7-31-20(12-13-28-31)18-10-11-19(22(15-18)35-6)16-27-24(33)21-9-8-14-30(21)25(34)23(26(3,4)5)29-17(2)32/h10-13,15,21,23H,7-9,14,16H2,1-6H3,(H,27,33)(H,29,32)/t21-,23+/m0/s1. The Bertz CT molecular complexity index is 1070. The summed E-state index contributed by atoms with van der Waals surface area (Å²) in [7, 11) is 1.60. The summed E-state index contributed by atoms with van der Waals surface area (Å²) in [6, 6.07) is 6.56. The summed E-state index contributed by atoms with van der Waals surface area (Å²) in [5.41, 5.74) is 2.34. The third-order valence-corrected chi connectivity index (χ3v) is 6.35. The van der Waals surface area contributed by atoms with Crippen LogP contribution < -0.4 is 15.4 Å². The maximum Gasteiger partial charge on any atom is 0.246 e. The number of amides is 3. The predicted molar refractivity (Wildman–Crippen MR) is 134 cm³/mol. The van der Waals surface area contributed by atoms with Crippen LogP contribution >= 0.6 is 0 Å². The van der Waals surface area contributed by atoms with E-state index in [4.69, 9.17) is 4.74 Å². The molecule has 9 nitrogen and oxygen atoms in total. The van der Waals surface area contributed by atoms with Crippen LogP contribution in [0.4, 0.5) is 0 Å². The molecule has 1 aliphatic heterocycles. The predicted octanol–water partition coefficient (Wildman–Crippen LogP) is 2.74. The van der Waals surface area contributed by atoms with E-state index in [0.29, 0.717) is 18.7 Å². The normalized spacial score (nSPS) is 16.6. The Morgan fingerprint density at radius 3 is 2.60 bits per heavy atom. The van der Waals surface area contributed by atoms with E-state index in [0.717, 1.165) is 29.8 Å². The molecule has 9 heteroatoms. The van der Waals surface area contributed by atoms with Gasteiger partial charge in [-0.3, -0.25) is 19.1 Å². The molecule has 2 aromatic rings. The minimum absolute atomic E-state index is 0.207. The maximum atomic E-state index is 13.3. The van der Waals surface area contributed by atoms with Gasteiger partial charge in [0.25, 0.3) is 0 Å². The Balaban J connectivity index is 1.71. The van der Waals surface area contributed by atoms with Gasteiger partial charge in [0.15, 0.2) is 0 Å². The van der Waals surface area contributed by atoms with Crippen LogP contribution in [0.2, 0.25) is 0 Å². The summed E-state index contributed by atoms with van der Waals surface area (Å²) >= 11 is 0. The number of ether oxygens (including phenoxy) is 1. The van der Waals surface area contributed by atoms with Gasteiger partial charge in [0.1, 0.15) is 17.8 Å². The van der Waals surface area contributed by atoms with Crippen LogP contribution in [0, 0.1) is 5.41 Å². The summed E-state index contributed by atoms with van der Waals surface area (Å²) in [6.07, 6.45) is 3.10. The lowest BCUT2D eigenvalue weighted by molar-refractivity contribution is -0.143. The Kier molecular flexibility index (Phi) is 8.19. The van der Waals surface area contributed by atoms with Crippen molar-refractivity contribution in [1.82, 2.24) is 25.3 Å². The molecule has 0 spiro atoms. The number of nitrogens with zero attached hydrogens (tertiary/aromatic N) is 3. The van der Waals surface area contributed by atoms with Gasteiger partial charge in [-0.2, -0.15) is 5.10 Å². The van der Waals surface area contributed by atoms with Crippen LogP contribution in [0.5, 0.6) is 5.75 Å². The second-order valence-electron chi connectivity index (χ2n) is 9.97. The number of hydrogen-bond acceptors (Lipinski definition) is 5. The fourth-order valence-corrected chi connectivity index (χ4v) is 4.50. The molecule has 2 N–H and O–H groups in total. The van der Waals surface area contributed by atoms with Crippen LogP contribution in [0.15, 0.2) is 30.5 Å².